The summed E-state index contributed by atoms with van der Waals surface area (Å²) in [7, 11) is 0. The molecule has 0 fully saturated rings. The van der Waals surface area contributed by atoms with E-state index in [9.17, 15) is 4.79 Å². The predicted molar refractivity (Wildman–Crippen MR) is 79.0 cm³/mol. The fourth-order valence-electron chi connectivity index (χ4n) is 1.68. The second kappa shape index (κ2) is 7.75. The second-order valence-corrected chi connectivity index (χ2v) is 4.79. The number of amides is 1. The molecule has 1 amide bonds. The lowest BCUT2D eigenvalue weighted by atomic mass is 10.0. The van der Waals surface area contributed by atoms with Crippen molar-refractivity contribution >= 4 is 5.91 Å². The van der Waals surface area contributed by atoms with E-state index >= 15 is 0 Å². The third-order valence-corrected chi connectivity index (χ3v) is 2.97. The van der Waals surface area contributed by atoms with Gasteiger partial charge in [0, 0.05) is 0 Å². The summed E-state index contributed by atoms with van der Waals surface area (Å²) >= 11 is 0. The summed E-state index contributed by atoms with van der Waals surface area (Å²) in [5, 5.41) is 3.13. The van der Waals surface area contributed by atoms with E-state index in [1.165, 1.54) is 0 Å². The Labute approximate surface area is 120 Å². The van der Waals surface area contributed by atoms with E-state index in [1.54, 1.807) is 6.92 Å². The number of carbonyl (C=O) groups is 1. The first-order chi connectivity index (χ1) is 9.53. The molecule has 1 aromatic rings. The van der Waals surface area contributed by atoms with E-state index in [-0.39, 0.29) is 6.61 Å². The smallest absolute Gasteiger partial charge is 0.240 e. The summed E-state index contributed by atoms with van der Waals surface area (Å²) in [6, 6.07) is 7.38. The van der Waals surface area contributed by atoms with Crippen LogP contribution in [0.3, 0.4) is 0 Å². The van der Waals surface area contributed by atoms with E-state index in [2.05, 4.69) is 5.32 Å². The summed E-state index contributed by atoms with van der Waals surface area (Å²) in [5.41, 5.74) is 4.57. The Morgan fingerprint density at radius 2 is 1.85 bits per heavy atom. The van der Waals surface area contributed by atoms with Gasteiger partial charge in [0.25, 0.3) is 0 Å². The zero-order valence-electron chi connectivity index (χ0n) is 12.4. The maximum absolute atomic E-state index is 11.6. The molecule has 5 heteroatoms. The number of nitrogens with two attached hydrogens (primary N) is 1. The molecule has 5 nitrogen and oxygen atoms in total. The summed E-state index contributed by atoms with van der Waals surface area (Å²) in [5.74, 6) is 0.845. The standard InChI is InChI=1S/C15H24N2O3/c1-4-10-17-15(3,14(16)18)11-20-13-9-7-6-8-12(13)19-5-2/h6-9,17H,4-5,10-11H2,1-3H3,(H2,16,18). The number of primary amides is 1. The maximum Gasteiger partial charge on any atom is 0.240 e. The molecule has 0 bridgehead atoms. The highest BCUT2D eigenvalue weighted by Crippen LogP contribution is 2.27. The van der Waals surface area contributed by atoms with Crippen molar-refractivity contribution in [1.29, 1.82) is 0 Å². The van der Waals surface area contributed by atoms with Crippen molar-refractivity contribution in [3.63, 3.8) is 0 Å². The van der Waals surface area contributed by atoms with Gasteiger partial charge in [-0.1, -0.05) is 19.1 Å². The molecule has 0 radical (unpaired) electrons. The van der Waals surface area contributed by atoms with Crippen LogP contribution in [-0.2, 0) is 4.79 Å². The van der Waals surface area contributed by atoms with Gasteiger partial charge in [0.2, 0.25) is 5.91 Å². The average molecular weight is 280 g/mol. The molecular formula is C15H24N2O3. The van der Waals surface area contributed by atoms with Crippen LogP contribution in [0.4, 0.5) is 0 Å². The zero-order chi connectivity index (χ0) is 15.0. The lowest BCUT2D eigenvalue weighted by Crippen LogP contribution is -2.57. The molecule has 1 unspecified atom stereocenters. The van der Waals surface area contributed by atoms with Crippen molar-refractivity contribution in [2.24, 2.45) is 5.73 Å². The summed E-state index contributed by atoms with van der Waals surface area (Å²) in [6.45, 7) is 7.10. The van der Waals surface area contributed by atoms with Crippen molar-refractivity contribution < 1.29 is 14.3 Å². The molecule has 0 saturated carbocycles. The summed E-state index contributed by atoms with van der Waals surface area (Å²) < 4.78 is 11.2. The van der Waals surface area contributed by atoms with Crippen LogP contribution in [0.25, 0.3) is 0 Å². The Balaban J connectivity index is 2.74. The van der Waals surface area contributed by atoms with Gasteiger partial charge >= 0.3 is 0 Å². The molecule has 20 heavy (non-hydrogen) atoms. The number of rotatable bonds is 9. The van der Waals surface area contributed by atoms with Gasteiger partial charge in [-0.3, -0.25) is 4.79 Å². The van der Waals surface area contributed by atoms with Crippen LogP contribution in [0.2, 0.25) is 0 Å². The summed E-state index contributed by atoms with van der Waals surface area (Å²) in [6.07, 6.45) is 0.915. The minimum Gasteiger partial charge on any atom is -0.490 e. The molecule has 0 aliphatic rings. The minimum atomic E-state index is -0.894. The van der Waals surface area contributed by atoms with E-state index in [0.717, 1.165) is 6.42 Å². The van der Waals surface area contributed by atoms with Crippen molar-refractivity contribution in [3.05, 3.63) is 24.3 Å². The van der Waals surface area contributed by atoms with Gasteiger partial charge < -0.3 is 20.5 Å². The largest absolute Gasteiger partial charge is 0.490 e. The highest BCUT2D eigenvalue weighted by Gasteiger charge is 2.31. The Kier molecular flexibility index (Phi) is 6.31. The first-order valence-corrected chi connectivity index (χ1v) is 6.93. The monoisotopic (exact) mass is 280 g/mol. The molecule has 0 aliphatic heterocycles. The van der Waals surface area contributed by atoms with Crippen LogP contribution in [0, 0.1) is 0 Å². The first-order valence-electron chi connectivity index (χ1n) is 6.93. The fraction of sp³-hybridized carbons (Fsp3) is 0.533. The number of benzene rings is 1. The van der Waals surface area contributed by atoms with Gasteiger partial charge in [-0.15, -0.1) is 0 Å². The van der Waals surface area contributed by atoms with Crippen LogP contribution in [0.1, 0.15) is 27.2 Å². The van der Waals surface area contributed by atoms with Gasteiger partial charge in [0.05, 0.1) is 6.61 Å². The SMILES string of the molecule is CCCNC(C)(COc1ccccc1OCC)C(N)=O. The first kappa shape index (κ1) is 16.3. The predicted octanol–water partition coefficient (Wildman–Crippen LogP) is 1.71. The van der Waals surface area contributed by atoms with E-state index < -0.39 is 11.4 Å². The fourth-order valence-corrected chi connectivity index (χ4v) is 1.68. The van der Waals surface area contributed by atoms with Crippen molar-refractivity contribution in [3.8, 4) is 11.5 Å². The Morgan fingerprint density at radius 1 is 1.25 bits per heavy atom. The molecule has 1 aromatic carbocycles. The molecule has 3 N–H and O–H groups in total. The van der Waals surface area contributed by atoms with Crippen molar-refractivity contribution in [2.45, 2.75) is 32.7 Å². The highest BCUT2D eigenvalue weighted by molar-refractivity contribution is 5.84. The van der Waals surface area contributed by atoms with Crippen molar-refractivity contribution in [1.82, 2.24) is 5.32 Å². The Bertz CT molecular complexity index is 437. The van der Waals surface area contributed by atoms with E-state index in [4.69, 9.17) is 15.2 Å². The van der Waals surface area contributed by atoms with E-state index in [1.807, 2.05) is 38.1 Å². The Hall–Kier alpha value is -1.75. The third kappa shape index (κ3) is 4.42. The lowest BCUT2D eigenvalue weighted by molar-refractivity contribution is -0.125. The molecule has 112 valence electrons. The number of hydrogen-bond acceptors (Lipinski definition) is 4. The third-order valence-electron chi connectivity index (χ3n) is 2.97. The van der Waals surface area contributed by atoms with Gasteiger partial charge in [-0.05, 0) is 38.9 Å². The number of carbonyl (C=O) groups excluding carboxylic acids is 1. The molecule has 0 spiro atoms. The quantitative estimate of drug-likeness (QED) is 0.722. The molecule has 0 aliphatic carbocycles. The Morgan fingerprint density at radius 3 is 2.35 bits per heavy atom. The van der Waals surface area contributed by atoms with Crippen LogP contribution in [0.5, 0.6) is 11.5 Å². The van der Waals surface area contributed by atoms with Gasteiger partial charge in [0.1, 0.15) is 12.1 Å². The lowest BCUT2D eigenvalue weighted by Gasteiger charge is -2.27. The molecule has 0 saturated heterocycles. The number of ether oxygens (including phenoxy) is 2. The molecule has 1 rings (SSSR count). The van der Waals surface area contributed by atoms with Crippen molar-refractivity contribution in [2.75, 3.05) is 19.8 Å². The molecular weight excluding hydrogens is 256 g/mol. The topological polar surface area (TPSA) is 73.6 Å². The number of para-hydroxylation sites is 2. The van der Waals surface area contributed by atoms with Crippen LogP contribution in [0.15, 0.2) is 24.3 Å². The number of nitrogens with one attached hydrogen (secondary N) is 1. The normalized spacial score (nSPS) is 13.6. The highest BCUT2D eigenvalue weighted by atomic mass is 16.5. The number of hydrogen-bond donors (Lipinski definition) is 2. The van der Waals surface area contributed by atoms with Gasteiger partial charge in [-0.2, -0.15) is 0 Å². The molecule has 1 atom stereocenters. The second-order valence-electron chi connectivity index (χ2n) is 4.79. The summed E-state index contributed by atoms with van der Waals surface area (Å²) in [4.78, 5) is 11.6. The van der Waals surface area contributed by atoms with Gasteiger partial charge in [-0.25, -0.2) is 0 Å². The van der Waals surface area contributed by atoms with E-state index in [0.29, 0.717) is 24.7 Å². The molecule has 0 aromatic heterocycles. The molecule has 0 heterocycles. The minimum absolute atomic E-state index is 0.159. The van der Waals surface area contributed by atoms with Crippen LogP contribution in [-0.4, -0.2) is 31.2 Å². The average Bonchev–Trinajstić information content (AvgIpc) is 2.44. The maximum atomic E-state index is 11.6. The zero-order valence-corrected chi connectivity index (χ0v) is 12.4. The van der Waals surface area contributed by atoms with Crippen LogP contribution < -0.4 is 20.5 Å². The van der Waals surface area contributed by atoms with Gasteiger partial charge in [0.15, 0.2) is 11.5 Å². The van der Waals surface area contributed by atoms with Crippen LogP contribution >= 0.6 is 0 Å².